The molecule has 3 rings (SSSR count). The van der Waals surface area contributed by atoms with Crippen molar-refractivity contribution in [2.75, 3.05) is 36.1 Å². The minimum atomic E-state index is -2.97. The molecule has 2 aliphatic rings. The molecule has 21 heavy (non-hydrogen) atoms. The van der Waals surface area contributed by atoms with Gasteiger partial charge in [0.05, 0.1) is 30.3 Å². The number of hydrogen-bond donors (Lipinski definition) is 1. The first-order valence-corrected chi connectivity index (χ1v) is 8.82. The topological polar surface area (TPSA) is 75.7 Å². The number of rotatable bonds is 3. The van der Waals surface area contributed by atoms with Crippen molar-refractivity contribution >= 4 is 21.4 Å². The van der Waals surface area contributed by atoms with Crippen molar-refractivity contribution in [2.45, 2.75) is 12.5 Å². The van der Waals surface area contributed by atoms with Crippen LogP contribution in [0.5, 0.6) is 5.75 Å². The summed E-state index contributed by atoms with van der Waals surface area (Å²) in [6, 6.07) is 7.34. The van der Waals surface area contributed by atoms with E-state index in [-0.39, 0.29) is 30.0 Å². The lowest BCUT2D eigenvalue weighted by molar-refractivity contribution is -0.120. The average Bonchev–Trinajstić information content (AvgIpc) is 2.78. The Labute approximate surface area is 124 Å². The predicted octanol–water partition coefficient (Wildman–Crippen LogP) is 0.189. The van der Waals surface area contributed by atoms with Crippen LogP contribution in [-0.2, 0) is 14.6 Å². The molecule has 2 heterocycles. The van der Waals surface area contributed by atoms with Gasteiger partial charge in [-0.1, -0.05) is 12.1 Å². The van der Waals surface area contributed by atoms with Gasteiger partial charge in [0.1, 0.15) is 12.4 Å². The first kappa shape index (κ1) is 14.2. The zero-order valence-electron chi connectivity index (χ0n) is 11.6. The Bertz CT molecular complexity index is 644. The molecule has 1 amide bonds. The third-order valence-electron chi connectivity index (χ3n) is 3.76. The molecular weight excluding hydrogens is 292 g/mol. The Morgan fingerprint density at radius 1 is 1.38 bits per heavy atom. The molecule has 1 atom stereocenters. The van der Waals surface area contributed by atoms with Gasteiger partial charge >= 0.3 is 0 Å². The Morgan fingerprint density at radius 3 is 2.95 bits per heavy atom. The highest BCUT2D eigenvalue weighted by Crippen LogP contribution is 2.30. The van der Waals surface area contributed by atoms with E-state index >= 15 is 0 Å². The van der Waals surface area contributed by atoms with E-state index in [0.29, 0.717) is 19.6 Å². The lowest BCUT2D eigenvalue weighted by Crippen LogP contribution is -2.44. The molecule has 114 valence electrons. The number of carbonyl (C=O) groups is 1. The minimum absolute atomic E-state index is 0.0540. The van der Waals surface area contributed by atoms with Crippen LogP contribution in [0.4, 0.5) is 5.69 Å². The van der Waals surface area contributed by atoms with E-state index in [1.807, 2.05) is 29.2 Å². The Hall–Kier alpha value is -1.76. The first-order chi connectivity index (χ1) is 10.0. The van der Waals surface area contributed by atoms with Gasteiger partial charge in [-0.25, -0.2) is 8.42 Å². The number of nitrogens with one attached hydrogen (secondary N) is 1. The highest BCUT2D eigenvalue weighted by Gasteiger charge is 2.29. The Balaban J connectivity index is 1.61. The maximum Gasteiger partial charge on any atom is 0.239 e. The van der Waals surface area contributed by atoms with Crippen molar-refractivity contribution in [2.24, 2.45) is 0 Å². The summed E-state index contributed by atoms with van der Waals surface area (Å²) in [5.74, 6) is 0.852. The molecule has 0 aromatic heterocycles. The number of benzene rings is 1. The summed E-state index contributed by atoms with van der Waals surface area (Å²) < 4.78 is 28.3. The van der Waals surface area contributed by atoms with Gasteiger partial charge < -0.3 is 15.0 Å². The summed E-state index contributed by atoms with van der Waals surface area (Å²) >= 11 is 0. The molecule has 1 aromatic rings. The highest BCUT2D eigenvalue weighted by atomic mass is 32.2. The molecule has 1 N–H and O–H groups in total. The second kappa shape index (κ2) is 5.55. The summed E-state index contributed by atoms with van der Waals surface area (Å²) in [5.41, 5.74) is 0.901. The molecule has 0 spiro atoms. The smallest absolute Gasteiger partial charge is 0.239 e. The molecule has 6 nitrogen and oxygen atoms in total. The second-order valence-corrected chi connectivity index (χ2v) is 7.63. The summed E-state index contributed by atoms with van der Waals surface area (Å²) in [7, 11) is -2.97. The summed E-state index contributed by atoms with van der Waals surface area (Å²) in [6.45, 7) is 1.41. The highest BCUT2D eigenvalue weighted by molar-refractivity contribution is 7.91. The van der Waals surface area contributed by atoms with Crippen LogP contribution in [0.15, 0.2) is 24.3 Å². The molecule has 1 fully saturated rings. The van der Waals surface area contributed by atoms with Crippen molar-refractivity contribution < 1.29 is 17.9 Å². The van der Waals surface area contributed by atoms with E-state index in [9.17, 15) is 13.2 Å². The Morgan fingerprint density at radius 2 is 2.19 bits per heavy atom. The number of fused-ring (bicyclic) bond motifs is 1. The molecule has 2 aliphatic heterocycles. The van der Waals surface area contributed by atoms with E-state index in [2.05, 4.69) is 5.32 Å². The number of hydrogen-bond acceptors (Lipinski definition) is 5. The van der Waals surface area contributed by atoms with Gasteiger partial charge in [-0.15, -0.1) is 0 Å². The molecule has 0 bridgehead atoms. The molecular formula is C14H18N2O4S. The van der Waals surface area contributed by atoms with Gasteiger partial charge in [-0.2, -0.15) is 0 Å². The van der Waals surface area contributed by atoms with Crippen LogP contribution in [0.1, 0.15) is 6.42 Å². The van der Waals surface area contributed by atoms with Crippen LogP contribution in [0.2, 0.25) is 0 Å². The fourth-order valence-electron chi connectivity index (χ4n) is 2.75. The van der Waals surface area contributed by atoms with Crippen LogP contribution in [0.3, 0.4) is 0 Å². The first-order valence-electron chi connectivity index (χ1n) is 7.00. The van der Waals surface area contributed by atoms with E-state index in [1.165, 1.54) is 0 Å². The number of ether oxygens (including phenoxy) is 1. The van der Waals surface area contributed by atoms with Crippen molar-refractivity contribution in [3.05, 3.63) is 24.3 Å². The normalized spacial score (nSPS) is 23.2. The summed E-state index contributed by atoms with van der Waals surface area (Å²) in [5, 5.41) is 2.81. The van der Waals surface area contributed by atoms with Crippen LogP contribution in [0, 0.1) is 0 Å². The third kappa shape index (κ3) is 3.29. The van der Waals surface area contributed by atoms with Crippen LogP contribution >= 0.6 is 0 Å². The van der Waals surface area contributed by atoms with Gasteiger partial charge in [-0.3, -0.25) is 4.79 Å². The van der Waals surface area contributed by atoms with Crippen molar-refractivity contribution in [3.63, 3.8) is 0 Å². The second-order valence-electron chi connectivity index (χ2n) is 5.41. The number of amides is 1. The lowest BCUT2D eigenvalue weighted by Gasteiger charge is -2.30. The van der Waals surface area contributed by atoms with Gasteiger partial charge in [-0.05, 0) is 18.6 Å². The SMILES string of the molecule is O=C(CN1CCOc2ccccc21)N[C@@H]1CCS(=O)(=O)C1. The predicted molar refractivity (Wildman–Crippen MR) is 79.4 cm³/mol. The Kier molecular flexibility index (Phi) is 3.75. The van der Waals surface area contributed by atoms with E-state index in [1.54, 1.807) is 0 Å². The quantitative estimate of drug-likeness (QED) is 0.862. The molecule has 1 aromatic carbocycles. The molecule has 0 radical (unpaired) electrons. The lowest BCUT2D eigenvalue weighted by atomic mass is 10.2. The van der Waals surface area contributed by atoms with Crippen molar-refractivity contribution in [1.29, 1.82) is 0 Å². The van der Waals surface area contributed by atoms with Crippen LogP contribution < -0.4 is 15.0 Å². The molecule has 0 aliphatic carbocycles. The minimum Gasteiger partial charge on any atom is -0.490 e. The van der Waals surface area contributed by atoms with Gasteiger partial charge in [0, 0.05) is 6.04 Å². The number of anilines is 1. The number of carbonyl (C=O) groups excluding carboxylic acids is 1. The van der Waals surface area contributed by atoms with Crippen LogP contribution in [-0.4, -0.2) is 51.6 Å². The number of sulfone groups is 1. The van der Waals surface area contributed by atoms with Gasteiger partial charge in [0.25, 0.3) is 0 Å². The summed E-state index contributed by atoms with van der Waals surface area (Å²) in [4.78, 5) is 14.1. The van der Waals surface area contributed by atoms with Crippen molar-refractivity contribution in [3.8, 4) is 5.75 Å². The summed E-state index contributed by atoms with van der Waals surface area (Å²) in [6.07, 6.45) is 0.508. The maximum atomic E-state index is 12.1. The number of nitrogens with zero attached hydrogens (tertiary/aromatic N) is 1. The maximum absolute atomic E-state index is 12.1. The fraction of sp³-hybridized carbons (Fsp3) is 0.500. The van der Waals surface area contributed by atoms with E-state index < -0.39 is 9.84 Å². The standard InChI is InChI=1S/C14H18N2O4S/c17-14(15-11-5-8-21(18,19)10-11)9-16-6-7-20-13-4-2-1-3-12(13)16/h1-4,11H,5-10H2,(H,15,17)/t11-/m1/s1. The molecule has 7 heteroatoms. The van der Waals surface area contributed by atoms with Gasteiger partial charge in [0.2, 0.25) is 5.91 Å². The van der Waals surface area contributed by atoms with E-state index in [4.69, 9.17) is 4.74 Å². The third-order valence-corrected chi connectivity index (χ3v) is 5.52. The largest absolute Gasteiger partial charge is 0.490 e. The zero-order valence-corrected chi connectivity index (χ0v) is 12.4. The fourth-order valence-corrected chi connectivity index (χ4v) is 4.42. The van der Waals surface area contributed by atoms with Gasteiger partial charge in [0.15, 0.2) is 9.84 Å². The number of para-hydroxylation sites is 2. The van der Waals surface area contributed by atoms with Crippen molar-refractivity contribution in [1.82, 2.24) is 5.32 Å². The zero-order chi connectivity index (χ0) is 14.9. The molecule has 1 saturated heterocycles. The van der Waals surface area contributed by atoms with E-state index in [0.717, 1.165) is 11.4 Å². The average molecular weight is 310 g/mol. The molecule has 0 saturated carbocycles. The monoisotopic (exact) mass is 310 g/mol. The van der Waals surface area contributed by atoms with Crippen LogP contribution in [0.25, 0.3) is 0 Å². The molecule has 0 unspecified atom stereocenters.